The molecule has 0 aliphatic heterocycles. The number of amides is 2. The largest absolute Gasteiger partial charge is 0.364 e. The molecule has 2 rings (SSSR count). The van der Waals surface area contributed by atoms with E-state index >= 15 is 0 Å². The Labute approximate surface area is 108 Å². The lowest BCUT2D eigenvalue weighted by molar-refractivity contribution is -0.114. The number of nitrogens with two attached hydrogens (primary N) is 1. The fraction of sp³-hybridized carbons (Fsp3) is 0.0833. The second-order valence-corrected chi connectivity index (χ2v) is 4.14. The van der Waals surface area contributed by atoms with Crippen molar-refractivity contribution in [2.45, 2.75) is 6.92 Å². The van der Waals surface area contributed by atoms with E-state index in [0.717, 1.165) is 0 Å². The summed E-state index contributed by atoms with van der Waals surface area (Å²) >= 11 is 6.01. The Morgan fingerprint density at radius 1 is 1.39 bits per heavy atom. The van der Waals surface area contributed by atoms with Gasteiger partial charge in [0.15, 0.2) is 0 Å². The summed E-state index contributed by atoms with van der Waals surface area (Å²) in [6.45, 7) is 1.38. The Morgan fingerprint density at radius 2 is 2.11 bits per heavy atom. The van der Waals surface area contributed by atoms with Crippen LogP contribution in [0.2, 0.25) is 5.02 Å². The standard InChI is InChI=1S/C12H10ClN3O2/c1-6(17)15-9-5-10(12(14)18)16-11-7(9)3-2-4-8(11)13/h2-5H,1H3,(H2,14,18)(H,15,16,17). The average Bonchev–Trinajstić information content (AvgIpc) is 2.29. The van der Waals surface area contributed by atoms with Gasteiger partial charge in [0.1, 0.15) is 5.69 Å². The van der Waals surface area contributed by atoms with Crippen LogP contribution in [0.1, 0.15) is 17.4 Å². The van der Waals surface area contributed by atoms with Crippen LogP contribution in [0.4, 0.5) is 5.69 Å². The van der Waals surface area contributed by atoms with Gasteiger partial charge in [-0.1, -0.05) is 23.7 Å². The van der Waals surface area contributed by atoms with Gasteiger partial charge in [-0.05, 0) is 12.1 Å². The van der Waals surface area contributed by atoms with Crippen molar-refractivity contribution in [2.24, 2.45) is 5.73 Å². The fourth-order valence-corrected chi connectivity index (χ4v) is 1.85. The number of rotatable bonds is 2. The fourth-order valence-electron chi connectivity index (χ4n) is 1.63. The molecule has 2 aromatic rings. The minimum atomic E-state index is -0.677. The van der Waals surface area contributed by atoms with Crippen LogP contribution in [-0.4, -0.2) is 16.8 Å². The highest BCUT2D eigenvalue weighted by atomic mass is 35.5. The highest BCUT2D eigenvalue weighted by Gasteiger charge is 2.12. The lowest BCUT2D eigenvalue weighted by Gasteiger charge is -2.09. The molecule has 3 N–H and O–H groups in total. The molecule has 1 aromatic carbocycles. The lowest BCUT2D eigenvalue weighted by atomic mass is 10.1. The highest BCUT2D eigenvalue weighted by Crippen LogP contribution is 2.28. The molecule has 0 aliphatic rings. The van der Waals surface area contributed by atoms with E-state index in [9.17, 15) is 9.59 Å². The molecule has 5 nitrogen and oxygen atoms in total. The number of carbonyl (C=O) groups is 2. The average molecular weight is 264 g/mol. The summed E-state index contributed by atoms with van der Waals surface area (Å²) < 4.78 is 0. The van der Waals surface area contributed by atoms with E-state index in [1.54, 1.807) is 18.2 Å². The smallest absolute Gasteiger partial charge is 0.267 e. The summed E-state index contributed by atoms with van der Waals surface area (Å²) in [4.78, 5) is 26.4. The molecule has 0 saturated heterocycles. The molecular weight excluding hydrogens is 254 g/mol. The van der Waals surface area contributed by atoms with Crippen LogP contribution in [0.25, 0.3) is 10.9 Å². The number of nitrogens with zero attached hydrogens (tertiary/aromatic N) is 1. The van der Waals surface area contributed by atoms with Crippen LogP contribution < -0.4 is 11.1 Å². The molecule has 0 saturated carbocycles. The molecule has 0 aliphatic carbocycles. The number of carbonyl (C=O) groups excluding carboxylic acids is 2. The first-order chi connectivity index (χ1) is 8.49. The van der Waals surface area contributed by atoms with Gasteiger partial charge in [-0.2, -0.15) is 0 Å². The van der Waals surface area contributed by atoms with Gasteiger partial charge >= 0.3 is 0 Å². The SMILES string of the molecule is CC(=O)Nc1cc(C(N)=O)nc2c(Cl)cccc12. The lowest BCUT2D eigenvalue weighted by Crippen LogP contribution is -2.15. The van der Waals surface area contributed by atoms with Crippen molar-refractivity contribution in [2.75, 3.05) is 5.32 Å². The topological polar surface area (TPSA) is 85.1 Å². The molecular formula is C12H10ClN3O2. The van der Waals surface area contributed by atoms with Crippen LogP contribution in [0.15, 0.2) is 24.3 Å². The number of nitrogens with one attached hydrogen (secondary N) is 1. The first-order valence-corrected chi connectivity index (χ1v) is 5.53. The molecule has 0 bridgehead atoms. The molecule has 2 amide bonds. The van der Waals surface area contributed by atoms with E-state index in [0.29, 0.717) is 21.6 Å². The van der Waals surface area contributed by atoms with Gasteiger partial charge in [-0.15, -0.1) is 0 Å². The molecule has 18 heavy (non-hydrogen) atoms. The zero-order valence-corrected chi connectivity index (χ0v) is 10.3. The van der Waals surface area contributed by atoms with E-state index in [4.69, 9.17) is 17.3 Å². The van der Waals surface area contributed by atoms with Gasteiger partial charge < -0.3 is 11.1 Å². The van der Waals surface area contributed by atoms with E-state index in [2.05, 4.69) is 10.3 Å². The van der Waals surface area contributed by atoms with Crippen LogP contribution in [0.3, 0.4) is 0 Å². The van der Waals surface area contributed by atoms with Crippen LogP contribution in [0.5, 0.6) is 0 Å². The zero-order chi connectivity index (χ0) is 13.3. The molecule has 1 aromatic heterocycles. The van der Waals surface area contributed by atoms with Crippen LogP contribution in [-0.2, 0) is 4.79 Å². The quantitative estimate of drug-likeness (QED) is 0.868. The number of hydrogen-bond acceptors (Lipinski definition) is 3. The van der Waals surface area contributed by atoms with Crippen molar-refractivity contribution < 1.29 is 9.59 Å². The van der Waals surface area contributed by atoms with Crippen molar-refractivity contribution in [3.8, 4) is 0 Å². The van der Waals surface area contributed by atoms with Crippen molar-refractivity contribution in [3.05, 3.63) is 35.0 Å². The normalized spacial score (nSPS) is 10.3. The van der Waals surface area contributed by atoms with E-state index < -0.39 is 5.91 Å². The Balaban J connectivity index is 2.76. The molecule has 6 heteroatoms. The Morgan fingerprint density at radius 3 is 2.72 bits per heavy atom. The van der Waals surface area contributed by atoms with Crippen LogP contribution >= 0.6 is 11.6 Å². The summed E-state index contributed by atoms with van der Waals surface area (Å²) in [6.07, 6.45) is 0. The first kappa shape index (κ1) is 12.3. The molecule has 0 fully saturated rings. The summed E-state index contributed by atoms with van der Waals surface area (Å²) in [5.41, 5.74) is 6.14. The van der Waals surface area contributed by atoms with Crippen molar-refractivity contribution in [1.29, 1.82) is 0 Å². The minimum absolute atomic E-state index is 0.0550. The van der Waals surface area contributed by atoms with Crippen LogP contribution in [0, 0.1) is 0 Å². The number of hydrogen-bond donors (Lipinski definition) is 2. The van der Waals surface area contributed by atoms with Gasteiger partial charge in [0, 0.05) is 12.3 Å². The zero-order valence-electron chi connectivity index (χ0n) is 9.53. The number of anilines is 1. The third-order valence-corrected chi connectivity index (χ3v) is 2.66. The predicted molar refractivity (Wildman–Crippen MR) is 69.6 cm³/mol. The Kier molecular flexibility index (Phi) is 3.16. The maximum Gasteiger partial charge on any atom is 0.267 e. The van der Waals surface area contributed by atoms with E-state index in [1.807, 2.05) is 0 Å². The van der Waals surface area contributed by atoms with Gasteiger partial charge in [-0.3, -0.25) is 9.59 Å². The second-order valence-electron chi connectivity index (χ2n) is 3.74. The number of primary amides is 1. The maximum atomic E-state index is 11.2. The molecule has 0 unspecified atom stereocenters. The summed E-state index contributed by atoms with van der Waals surface area (Å²) in [6, 6.07) is 6.58. The number of fused-ring (bicyclic) bond motifs is 1. The predicted octanol–water partition coefficient (Wildman–Crippen LogP) is 1.95. The molecule has 0 spiro atoms. The van der Waals surface area contributed by atoms with Crippen molar-refractivity contribution >= 4 is 40.0 Å². The second kappa shape index (κ2) is 4.62. The third-order valence-electron chi connectivity index (χ3n) is 2.35. The van der Waals surface area contributed by atoms with E-state index in [-0.39, 0.29) is 11.6 Å². The number of benzene rings is 1. The number of aromatic nitrogens is 1. The number of pyridine rings is 1. The summed E-state index contributed by atoms with van der Waals surface area (Å²) in [7, 11) is 0. The number of para-hydroxylation sites is 1. The molecule has 0 atom stereocenters. The van der Waals surface area contributed by atoms with Gasteiger partial charge in [-0.25, -0.2) is 4.98 Å². The highest BCUT2D eigenvalue weighted by molar-refractivity contribution is 6.35. The van der Waals surface area contributed by atoms with Gasteiger partial charge in [0.2, 0.25) is 5.91 Å². The Hall–Kier alpha value is -2.14. The minimum Gasteiger partial charge on any atom is -0.364 e. The van der Waals surface area contributed by atoms with Gasteiger partial charge in [0.05, 0.1) is 16.2 Å². The number of halogens is 1. The third kappa shape index (κ3) is 2.26. The van der Waals surface area contributed by atoms with Gasteiger partial charge in [0.25, 0.3) is 5.91 Å². The molecule has 0 radical (unpaired) electrons. The van der Waals surface area contributed by atoms with Crippen molar-refractivity contribution in [1.82, 2.24) is 4.98 Å². The summed E-state index contributed by atoms with van der Waals surface area (Å²) in [5.74, 6) is -0.929. The van der Waals surface area contributed by atoms with Crippen molar-refractivity contribution in [3.63, 3.8) is 0 Å². The monoisotopic (exact) mass is 263 g/mol. The van der Waals surface area contributed by atoms with E-state index in [1.165, 1.54) is 13.0 Å². The molecule has 1 heterocycles. The molecule has 92 valence electrons. The summed E-state index contributed by atoms with van der Waals surface area (Å²) in [5, 5.41) is 3.67. The first-order valence-electron chi connectivity index (χ1n) is 5.15. The maximum absolute atomic E-state index is 11.2. The Bertz CT molecular complexity index is 655.